The molecule has 1 saturated heterocycles. The molecule has 2 heterocycles. The third-order valence-electron chi connectivity index (χ3n) is 3.81. The van der Waals surface area contributed by atoms with Crippen LogP contribution in [0.5, 0.6) is 0 Å². The highest BCUT2D eigenvalue weighted by molar-refractivity contribution is 5.91. The van der Waals surface area contributed by atoms with E-state index in [0.29, 0.717) is 5.76 Å². The summed E-state index contributed by atoms with van der Waals surface area (Å²) in [5.41, 5.74) is 0.503. The molecular formula is C15H26N4O2. The quantitative estimate of drug-likeness (QED) is 0.877. The van der Waals surface area contributed by atoms with Crippen LogP contribution in [0.2, 0.25) is 0 Å². The molecule has 1 aliphatic heterocycles. The molecule has 1 aromatic rings. The average molecular weight is 294 g/mol. The maximum atomic E-state index is 12.2. The number of aromatic nitrogens is 1. The zero-order chi connectivity index (χ0) is 15.5. The summed E-state index contributed by atoms with van der Waals surface area (Å²) in [6.45, 7) is 11.1. The maximum Gasteiger partial charge on any atom is 0.290 e. The van der Waals surface area contributed by atoms with Gasteiger partial charge in [-0.1, -0.05) is 12.1 Å². The van der Waals surface area contributed by atoms with Gasteiger partial charge in [0.2, 0.25) is 5.76 Å². The molecule has 0 spiro atoms. The van der Waals surface area contributed by atoms with Crippen molar-refractivity contribution in [2.45, 2.75) is 32.7 Å². The first-order chi connectivity index (χ1) is 9.89. The number of aryl methyl sites for hydroxylation is 1. The Morgan fingerprint density at radius 1 is 1.38 bits per heavy atom. The highest BCUT2D eigenvalue weighted by atomic mass is 16.5. The van der Waals surface area contributed by atoms with Gasteiger partial charge in [-0.25, -0.2) is 0 Å². The van der Waals surface area contributed by atoms with Crippen molar-refractivity contribution in [3.63, 3.8) is 0 Å². The van der Waals surface area contributed by atoms with Gasteiger partial charge >= 0.3 is 0 Å². The van der Waals surface area contributed by atoms with Gasteiger partial charge in [-0.2, -0.15) is 0 Å². The molecule has 0 unspecified atom stereocenters. The Morgan fingerprint density at radius 3 is 2.62 bits per heavy atom. The number of hydrogen-bond donors (Lipinski definition) is 1. The van der Waals surface area contributed by atoms with Crippen molar-refractivity contribution in [2.75, 3.05) is 39.8 Å². The molecule has 0 saturated carbocycles. The number of carbonyl (C=O) groups excluding carboxylic acids is 1. The van der Waals surface area contributed by atoms with Gasteiger partial charge in [0.05, 0.1) is 5.69 Å². The molecule has 1 N–H and O–H groups in total. The van der Waals surface area contributed by atoms with E-state index in [9.17, 15) is 4.79 Å². The van der Waals surface area contributed by atoms with Crippen LogP contribution in [0.15, 0.2) is 10.6 Å². The number of amides is 1. The van der Waals surface area contributed by atoms with E-state index in [1.807, 2.05) is 20.8 Å². The highest BCUT2D eigenvalue weighted by Crippen LogP contribution is 2.11. The predicted molar refractivity (Wildman–Crippen MR) is 81.4 cm³/mol. The molecular weight excluding hydrogens is 268 g/mol. The van der Waals surface area contributed by atoms with Gasteiger partial charge in [0.1, 0.15) is 0 Å². The number of rotatable bonds is 5. The topological polar surface area (TPSA) is 61.6 Å². The monoisotopic (exact) mass is 294 g/mol. The minimum Gasteiger partial charge on any atom is -0.351 e. The van der Waals surface area contributed by atoms with Gasteiger partial charge in [-0.3, -0.25) is 9.69 Å². The summed E-state index contributed by atoms with van der Waals surface area (Å²) >= 11 is 0. The van der Waals surface area contributed by atoms with E-state index in [2.05, 4.69) is 27.3 Å². The molecule has 6 heteroatoms. The molecule has 2 rings (SSSR count). The van der Waals surface area contributed by atoms with Crippen molar-refractivity contribution in [2.24, 2.45) is 0 Å². The van der Waals surface area contributed by atoms with Crippen molar-refractivity contribution in [3.8, 4) is 0 Å². The zero-order valence-corrected chi connectivity index (χ0v) is 13.5. The fraction of sp³-hybridized carbons (Fsp3) is 0.733. The summed E-state index contributed by atoms with van der Waals surface area (Å²) in [6.07, 6.45) is 0.765. The van der Waals surface area contributed by atoms with Crippen LogP contribution >= 0.6 is 0 Å². The summed E-state index contributed by atoms with van der Waals surface area (Å²) < 4.78 is 5.08. The molecule has 1 fully saturated rings. The van der Waals surface area contributed by atoms with Crippen molar-refractivity contribution in [1.29, 1.82) is 0 Å². The first-order valence-corrected chi connectivity index (χ1v) is 7.58. The zero-order valence-electron chi connectivity index (χ0n) is 13.5. The normalized spacial score (nSPS) is 17.9. The lowest BCUT2D eigenvalue weighted by molar-refractivity contribution is 0.0815. The smallest absolute Gasteiger partial charge is 0.290 e. The first-order valence-electron chi connectivity index (χ1n) is 7.58. The van der Waals surface area contributed by atoms with E-state index < -0.39 is 0 Å². The average Bonchev–Trinajstić information content (AvgIpc) is 2.89. The summed E-state index contributed by atoms with van der Waals surface area (Å²) in [6, 6.07) is 1.71. The van der Waals surface area contributed by atoms with Gasteiger partial charge in [0, 0.05) is 44.3 Å². The standard InChI is InChI=1S/C15H26N4O2/c1-5-12-10-13(21-17-12)14(20)16-15(2,3)11-19-8-6-18(4)7-9-19/h10H,5-9,11H2,1-4H3,(H,16,20). The SMILES string of the molecule is CCc1cc(C(=O)NC(C)(C)CN2CCN(C)CC2)on1. The van der Waals surface area contributed by atoms with Crippen LogP contribution in [-0.2, 0) is 6.42 Å². The second kappa shape index (κ2) is 6.58. The third kappa shape index (κ3) is 4.54. The van der Waals surface area contributed by atoms with Gasteiger partial charge in [0.25, 0.3) is 5.91 Å². The predicted octanol–water partition coefficient (Wildman–Crippen LogP) is 0.993. The van der Waals surface area contributed by atoms with E-state index in [4.69, 9.17) is 4.52 Å². The molecule has 21 heavy (non-hydrogen) atoms. The molecule has 0 aromatic carbocycles. The van der Waals surface area contributed by atoms with E-state index in [1.165, 1.54) is 0 Å². The fourth-order valence-electron chi connectivity index (χ4n) is 2.56. The summed E-state index contributed by atoms with van der Waals surface area (Å²) in [4.78, 5) is 16.9. The summed E-state index contributed by atoms with van der Waals surface area (Å²) in [7, 11) is 2.14. The van der Waals surface area contributed by atoms with E-state index in [-0.39, 0.29) is 11.4 Å². The van der Waals surface area contributed by atoms with Crippen molar-refractivity contribution in [1.82, 2.24) is 20.3 Å². The lowest BCUT2D eigenvalue weighted by atomic mass is 10.0. The number of carbonyl (C=O) groups is 1. The second-order valence-electron chi connectivity index (χ2n) is 6.45. The molecule has 1 amide bonds. The van der Waals surface area contributed by atoms with Crippen molar-refractivity contribution >= 4 is 5.91 Å². The molecule has 118 valence electrons. The van der Waals surface area contributed by atoms with Gasteiger partial charge in [0.15, 0.2) is 0 Å². The van der Waals surface area contributed by atoms with Gasteiger partial charge in [-0.05, 0) is 27.3 Å². The van der Waals surface area contributed by atoms with E-state index >= 15 is 0 Å². The van der Waals surface area contributed by atoms with Gasteiger partial charge in [-0.15, -0.1) is 0 Å². The Bertz CT molecular complexity index is 476. The summed E-state index contributed by atoms with van der Waals surface area (Å²) in [5, 5.41) is 6.90. The molecule has 0 radical (unpaired) electrons. The van der Waals surface area contributed by atoms with Crippen LogP contribution in [0, 0.1) is 0 Å². The number of hydrogen-bond acceptors (Lipinski definition) is 5. The third-order valence-corrected chi connectivity index (χ3v) is 3.81. The molecule has 0 bridgehead atoms. The minimum absolute atomic E-state index is 0.193. The molecule has 1 aliphatic rings. The van der Waals surface area contributed by atoms with Gasteiger partial charge < -0.3 is 14.7 Å². The minimum atomic E-state index is -0.299. The van der Waals surface area contributed by atoms with Crippen LogP contribution in [0.1, 0.15) is 37.0 Å². The maximum absolute atomic E-state index is 12.2. The van der Waals surface area contributed by atoms with Crippen LogP contribution < -0.4 is 5.32 Å². The lowest BCUT2D eigenvalue weighted by Gasteiger charge is -2.37. The number of piperazine rings is 1. The number of nitrogens with zero attached hydrogens (tertiary/aromatic N) is 3. The molecule has 0 aliphatic carbocycles. The Kier molecular flexibility index (Phi) is 5.00. The largest absolute Gasteiger partial charge is 0.351 e. The van der Waals surface area contributed by atoms with Crippen molar-refractivity contribution < 1.29 is 9.32 Å². The number of nitrogens with one attached hydrogen (secondary N) is 1. The van der Waals surface area contributed by atoms with Crippen LogP contribution in [-0.4, -0.2) is 66.2 Å². The Hall–Kier alpha value is -1.40. The molecule has 1 aromatic heterocycles. The van der Waals surface area contributed by atoms with E-state index in [0.717, 1.165) is 44.8 Å². The van der Waals surface area contributed by atoms with Crippen LogP contribution in [0.3, 0.4) is 0 Å². The molecule has 0 atom stereocenters. The molecule has 6 nitrogen and oxygen atoms in total. The fourth-order valence-corrected chi connectivity index (χ4v) is 2.56. The summed E-state index contributed by atoms with van der Waals surface area (Å²) in [5.74, 6) is 0.0969. The Balaban J connectivity index is 1.89. The first kappa shape index (κ1) is 16.0. The van der Waals surface area contributed by atoms with Crippen LogP contribution in [0.25, 0.3) is 0 Å². The van der Waals surface area contributed by atoms with Crippen LogP contribution in [0.4, 0.5) is 0 Å². The van der Waals surface area contributed by atoms with Crippen molar-refractivity contribution in [3.05, 3.63) is 17.5 Å². The highest BCUT2D eigenvalue weighted by Gasteiger charge is 2.27. The number of likely N-dealkylation sites (N-methyl/N-ethyl adjacent to an activating group) is 1. The Labute approximate surface area is 126 Å². The second-order valence-corrected chi connectivity index (χ2v) is 6.45. The van der Waals surface area contributed by atoms with E-state index in [1.54, 1.807) is 6.07 Å². The Morgan fingerprint density at radius 2 is 2.05 bits per heavy atom. The lowest BCUT2D eigenvalue weighted by Crippen LogP contribution is -2.55.